The average Bonchev–Trinajstić information content (AvgIpc) is 3.41. The smallest absolute Gasteiger partial charge is 0.191 e. The summed E-state index contributed by atoms with van der Waals surface area (Å²) in [4.78, 5) is 9.44. The second-order valence-electron chi connectivity index (χ2n) is 7.93. The van der Waals surface area contributed by atoms with E-state index in [1.54, 1.807) is 6.26 Å². The van der Waals surface area contributed by atoms with Crippen LogP contribution in [-0.2, 0) is 0 Å². The van der Waals surface area contributed by atoms with Crippen LogP contribution in [0.25, 0.3) is 0 Å². The predicted octanol–water partition coefficient (Wildman–Crippen LogP) is 2.85. The predicted molar refractivity (Wildman–Crippen MR) is 111 cm³/mol. The molecule has 0 amide bonds. The highest BCUT2D eigenvalue weighted by Gasteiger charge is 2.24. The maximum Gasteiger partial charge on any atom is 0.191 e. The van der Waals surface area contributed by atoms with Crippen molar-refractivity contribution in [3.05, 3.63) is 24.2 Å². The van der Waals surface area contributed by atoms with E-state index >= 15 is 0 Å². The molecule has 2 N–H and O–H groups in total. The van der Waals surface area contributed by atoms with Crippen LogP contribution in [0.3, 0.4) is 0 Å². The van der Waals surface area contributed by atoms with E-state index in [4.69, 9.17) is 4.42 Å². The van der Waals surface area contributed by atoms with Crippen LogP contribution in [0, 0.1) is 0 Å². The first-order chi connectivity index (χ1) is 13.3. The van der Waals surface area contributed by atoms with Crippen molar-refractivity contribution in [2.45, 2.75) is 57.0 Å². The highest BCUT2D eigenvalue weighted by molar-refractivity contribution is 5.79. The van der Waals surface area contributed by atoms with Gasteiger partial charge in [0.1, 0.15) is 5.76 Å². The van der Waals surface area contributed by atoms with Gasteiger partial charge in [-0.25, -0.2) is 0 Å². The van der Waals surface area contributed by atoms with Gasteiger partial charge in [-0.1, -0.05) is 19.3 Å². The van der Waals surface area contributed by atoms with Crippen LogP contribution in [-0.4, -0.2) is 68.6 Å². The molecule has 6 heteroatoms. The summed E-state index contributed by atoms with van der Waals surface area (Å²) in [6.45, 7) is 5.07. The van der Waals surface area contributed by atoms with Gasteiger partial charge in [-0.3, -0.25) is 9.89 Å². The van der Waals surface area contributed by atoms with E-state index in [0.717, 1.165) is 50.5 Å². The molecule has 1 unspecified atom stereocenters. The third kappa shape index (κ3) is 5.98. The van der Waals surface area contributed by atoms with Gasteiger partial charge in [-0.05, 0) is 58.0 Å². The Morgan fingerprint density at radius 1 is 1.22 bits per heavy atom. The molecule has 27 heavy (non-hydrogen) atoms. The summed E-state index contributed by atoms with van der Waals surface area (Å²) in [5.41, 5.74) is 0. The number of guanidine groups is 1. The molecule has 0 bridgehead atoms. The Bertz CT molecular complexity index is 547. The third-order valence-electron chi connectivity index (χ3n) is 6.09. The number of aliphatic imine (C=N–C) groups is 1. The number of piperidine rings is 1. The highest BCUT2D eigenvalue weighted by atomic mass is 16.3. The van der Waals surface area contributed by atoms with Crippen molar-refractivity contribution >= 4 is 5.96 Å². The van der Waals surface area contributed by atoms with Crippen molar-refractivity contribution < 1.29 is 4.42 Å². The first kappa shape index (κ1) is 20.2. The summed E-state index contributed by atoms with van der Waals surface area (Å²) >= 11 is 0. The third-order valence-corrected chi connectivity index (χ3v) is 6.09. The molecule has 2 heterocycles. The van der Waals surface area contributed by atoms with Gasteiger partial charge in [0.2, 0.25) is 0 Å². The van der Waals surface area contributed by atoms with Gasteiger partial charge < -0.3 is 20.0 Å². The van der Waals surface area contributed by atoms with Crippen molar-refractivity contribution in [3.63, 3.8) is 0 Å². The molecular weight excluding hydrogens is 338 g/mol. The Morgan fingerprint density at radius 2 is 2.00 bits per heavy atom. The number of rotatable bonds is 8. The fourth-order valence-corrected chi connectivity index (χ4v) is 4.41. The summed E-state index contributed by atoms with van der Waals surface area (Å²) in [6.07, 6.45) is 11.1. The van der Waals surface area contributed by atoms with Crippen LogP contribution < -0.4 is 10.6 Å². The Hall–Kier alpha value is -1.53. The molecule has 1 aromatic heterocycles. The molecule has 0 radical (unpaired) electrons. The van der Waals surface area contributed by atoms with Crippen LogP contribution in [0.5, 0.6) is 0 Å². The number of nitrogens with zero attached hydrogens (tertiary/aromatic N) is 3. The number of nitrogens with one attached hydrogen (secondary N) is 2. The summed E-state index contributed by atoms with van der Waals surface area (Å²) in [5.74, 6) is 1.92. The number of hydrogen-bond donors (Lipinski definition) is 2. The molecule has 1 atom stereocenters. The van der Waals surface area contributed by atoms with E-state index in [9.17, 15) is 0 Å². The molecule has 2 aliphatic rings. The molecule has 1 saturated heterocycles. The fraction of sp³-hybridized carbons (Fsp3) is 0.762. The lowest BCUT2D eigenvalue weighted by atomic mass is 10.1. The second-order valence-corrected chi connectivity index (χ2v) is 7.93. The van der Waals surface area contributed by atoms with E-state index in [2.05, 4.69) is 38.5 Å². The van der Waals surface area contributed by atoms with Gasteiger partial charge in [0.25, 0.3) is 0 Å². The van der Waals surface area contributed by atoms with Gasteiger partial charge in [0.05, 0.1) is 12.3 Å². The molecule has 6 nitrogen and oxygen atoms in total. The molecule has 152 valence electrons. The zero-order valence-electron chi connectivity index (χ0n) is 17.1. The quantitative estimate of drug-likeness (QED) is 0.540. The minimum absolute atomic E-state index is 0.264. The number of likely N-dealkylation sites (N-methyl/N-ethyl adjacent to an activating group) is 1. The number of hydrogen-bond acceptors (Lipinski definition) is 4. The minimum Gasteiger partial charge on any atom is -0.468 e. The number of furan rings is 1. The molecule has 1 aromatic rings. The average molecular weight is 376 g/mol. The lowest BCUT2D eigenvalue weighted by Gasteiger charge is -2.33. The Morgan fingerprint density at radius 3 is 2.67 bits per heavy atom. The molecule has 2 fully saturated rings. The van der Waals surface area contributed by atoms with Crippen molar-refractivity contribution in [1.29, 1.82) is 0 Å². The lowest BCUT2D eigenvalue weighted by Crippen LogP contribution is -2.46. The summed E-state index contributed by atoms with van der Waals surface area (Å²) in [6, 6.07) is 5.11. The van der Waals surface area contributed by atoms with E-state index in [0.29, 0.717) is 0 Å². The maximum atomic E-state index is 5.74. The van der Waals surface area contributed by atoms with Gasteiger partial charge in [-0.15, -0.1) is 0 Å². The zero-order valence-corrected chi connectivity index (χ0v) is 17.1. The molecule has 1 aliphatic carbocycles. The second kappa shape index (κ2) is 10.7. The van der Waals surface area contributed by atoms with E-state index in [-0.39, 0.29) is 6.04 Å². The van der Waals surface area contributed by atoms with Crippen molar-refractivity contribution in [3.8, 4) is 0 Å². The standard InChI is InChI=1S/C21H37N5O/c1-22-21(23-12-15-25(2)18-9-4-5-10-18)24-17-19(20-11-8-16-27-20)26-13-6-3-7-14-26/h8,11,16,18-19H,3-7,9-10,12-15,17H2,1-2H3,(H2,22,23,24). The van der Waals surface area contributed by atoms with Gasteiger partial charge in [-0.2, -0.15) is 0 Å². The molecule has 0 aromatic carbocycles. The number of likely N-dealkylation sites (tertiary alicyclic amines) is 1. The zero-order chi connectivity index (χ0) is 18.9. The van der Waals surface area contributed by atoms with E-state index < -0.39 is 0 Å². The van der Waals surface area contributed by atoms with Crippen LogP contribution in [0.15, 0.2) is 27.8 Å². The van der Waals surface area contributed by atoms with Crippen LogP contribution in [0.1, 0.15) is 56.7 Å². The molecule has 3 rings (SSSR count). The van der Waals surface area contributed by atoms with Crippen LogP contribution in [0.2, 0.25) is 0 Å². The van der Waals surface area contributed by atoms with Crippen molar-refractivity contribution in [1.82, 2.24) is 20.4 Å². The van der Waals surface area contributed by atoms with E-state index in [1.165, 1.54) is 44.9 Å². The molecular formula is C21H37N5O. The minimum atomic E-state index is 0.264. The van der Waals surface area contributed by atoms with Gasteiger partial charge in [0, 0.05) is 32.7 Å². The van der Waals surface area contributed by atoms with Crippen LogP contribution in [0.4, 0.5) is 0 Å². The largest absolute Gasteiger partial charge is 0.468 e. The molecule has 0 spiro atoms. The first-order valence-corrected chi connectivity index (χ1v) is 10.7. The fourth-order valence-electron chi connectivity index (χ4n) is 4.41. The van der Waals surface area contributed by atoms with Crippen molar-refractivity contribution in [2.24, 2.45) is 4.99 Å². The van der Waals surface area contributed by atoms with Crippen LogP contribution >= 0.6 is 0 Å². The summed E-state index contributed by atoms with van der Waals surface area (Å²) in [7, 11) is 4.09. The van der Waals surface area contributed by atoms with Gasteiger partial charge in [0.15, 0.2) is 5.96 Å². The molecule has 1 saturated carbocycles. The maximum absolute atomic E-state index is 5.74. The summed E-state index contributed by atoms with van der Waals surface area (Å²) < 4.78 is 5.74. The van der Waals surface area contributed by atoms with Crippen molar-refractivity contribution in [2.75, 3.05) is 46.8 Å². The Kier molecular flexibility index (Phi) is 8.02. The molecule has 1 aliphatic heterocycles. The first-order valence-electron chi connectivity index (χ1n) is 10.7. The normalized spacial score (nSPS) is 20.9. The lowest BCUT2D eigenvalue weighted by molar-refractivity contribution is 0.146. The Labute approximate surface area is 164 Å². The monoisotopic (exact) mass is 375 g/mol. The summed E-state index contributed by atoms with van der Waals surface area (Å²) in [5, 5.41) is 6.99. The SMILES string of the molecule is CN=C(NCCN(C)C1CCCC1)NCC(c1ccco1)N1CCCCC1. The Balaban J connectivity index is 1.46. The topological polar surface area (TPSA) is 56.0 Å². The van der Waals surface area contributed by atoms with E-state index in [1.807, 2.05) is 13.1 Å². The highest BCUT2D eigenvalue weighted by Crippen LogP contribution is 2.24. The van der Waals surface area contributed by atoms with Gasteiger partial charge >= 0.3 is 0 Å².